The van der Waals surface area contributed by atoms with Gasteiger partial charge in [0.05, 0.1) is 0 Å². The third kappa shape index (κ3) is 11.6. The van der Waals surface area contributed by atoms with E-state index in [-0.39, 0.29) is 0 Å². The smallest absolute Gasteiger partial charge is 0.0624 e. The molecule has 0 aliphatic carbocycles. The van der Waals surface area contributed by atoms with Crippen LogP contribution in [0.15, 0.2) is 121 Å². The van der Waals surface area contributed by atoms with E-state index in [1.807, 2.05) is 24.3 Å². The Morgan fingerprint density at radius 3 is 0.724 bits per heavy atom. The second-order valence-corrected chi connectivity index (χ2v) is 16.5. The third-order valence-corrected chi connectivity index (χ3v) is 5.77. The van der Waals surface area contributed by atoms with Gasteiger partial charge in [0.2, 0.25) is 0 Å². The Balaban J connectivity index is 0.000000183. The molecule has 0 radical (unpaired) electrons. The minimum atomic E-state index is 1.28. The minimum Gasteiger partial charge on any atom is -0.472 e. The van der Waals surface area contributed by atoms with Gasteiger partial charge in [0.1, 0.15) is 0 Å². The summed E-state index contributed by atoms with van der Waals surface area (Å²) in [6.07, 6.45) is 0. The summed E-state index contributed by atoms with van der Waals surface area (Å²) < 4.78 is 0. The molecule has 0 fully saturated rings. The molecule has 0 saturated carbocycles. The first-order chi connectivity index (χ1) is 14.3. The Hall–Kier alpha value is -0.306. The molecule has 0 aliphatic heterocycles. The SMILES string of the molecule is [I][Ni+2][I].c1ccc([P-]c2ccccc2)cc1.c1ccc([P-]c2ccccc2)cc1. The Morgan fingerprint density at radius 2 is 0.552 bits per heavy atom. The zero-order valence-corrected chi connectivity index (χ0v) is 22.6. The predicted octanol–water partition coefficient (Wildman–Crippen LogP) is 6.94. The molecule has 0 amide bonds. The maximum absolute atomic E-state index is 2.21. The molecule has 0 aromatic heterocycles. The van der Waals surface area contributed by atoms with Crippen LogP contribution in [-0.2, 0) is 8.07 Å². The Labute approximate surface area is 206 Å². The summed E-state index contributed by atoms with van der Waals surface area (Å²) >= 11 is 4.43. The van der Waals surface area contributed by atoms with Crippen molar-refractivity contribution in [2.45, 2.75) is 0 Å². The van der Waals surface area contributed by atoms with Gasteiger partial charge in [-0.15, -0.1) is 0 Å². The van der Waals surface area contributed by atoms with Crippen LogP contribution in [-0.4, -0.2) is 0 Å². The summed E-state index contributed by atoms with van der Waals surface area (Å²) in [4.78, 5) is 0. The number of hydrogen-bond donors (Lipinski definition) is 0. The molecule has 0 nitrogen and oxygen atoms in total. The van der Waals surface area contributed by atoms with Crippen molar-refractivity contribution in [3.05, 3.63) is 121 Å². The van der Waals surface area contributed by atoms with Crippen LogP contribution in [0.25, 0.3) is 0 Å². The summed E-state index contributed by atoms with van der Waals surface area (Å²) in [5, 5.41) is 5.37. The molecule has 0 heterocycles. The molecule has 29 heavy (non-hydrogen) atoms. The van der Waals surface area contributed by atoms with Gasteiger partial charge in [0.15, 0.2) is 0 Å². The topological polar surface area (TPSA) is 0 Å². The molecule has 0 unspecified atom stereocenters. The van der Waals surface area contributed by atoms with Crippen LogP contribution < -0.4 is 21.2 Å². The largest absolute Gasteiger partial charge is 0.472 e. The molecule has 0 N–H and O–H groups in total. The molecule has 5 heteroatoms. The Bertz CT molecular complexity index is 741. The Kier molecular flexibility index (Phi) is 14.1. The quantitative estimate of drug-likeness (QED) is 0.124. The first-order valence-electron chi connectivity index (χ1n) is 8.78. The average Bonchev–Trinajstić information content (AvgIpc) is 2.78. The molecule has 0 aliphatic rings. The maximum Gasteiger partial charge on any atom is -0.0624 e. The predicted molar refractivity (Wildman–Crippen MR) is 146 cm³/mol. The first kappa shape index (κ1) is 25.0. The van der Waals surface area contributed by atoms with Crippen molar-refractivity contribution in [2.24, 2.45) is 0 Å². The molecule has 4 rings (SSSR count). The second-order valence-electron chi connectivity index (χ2n) is 5.61. The fourth-order valence-electron chi connectivity index (χ4n) is 2.31. The van der Waals surface area contributed by atoms with Crippen LogP contribution >= 0.6 is 58.1 Å². The summed E-state index contributed by atoms with van der Waals surface area (Å²) in [7, 11) is 4.13. The van der Waals surface area contributed by atoms with Crippen LogP contribution in [0.3, 0.4) is 0 Å². The number of rotatable bonds is 4. The van der Waals surface area contributed by atoms with Crippen molar-refractivity contribution < 1.29 is 8.07 Å². The van der Waals surface area contributed by atoms with E-state index in [0.29, 0.717) is 0 Å². The molecule has 0 atom stereocenters. The summed E-state index contributed by atoms with van der Waals surface area (Å²) in [6, 6.07) is 42.0. The normalized spacial score (nSPS) is 9.59. The number of benzene rings is 4. The molecule has 150 valence electrons. The summed E-state index contributed by atoms with van der Waals surface area (Å²) in [5.41, 5.74) is 0. The fraction of sp³-hybridized carbons (Fsp3) is 0. The van der Waals surface area contributed by atoms with Crippen molar-refractivity contribution in [2.75, 3.05) is 0 Å². The van der Waals surface area contributed by atoms with E-state index in [2.05, 4.69) is 138 Å². The molecule has 4 aromatic rings. The van der Waals surface area contributed by atoms with Gasteiger partial charge in [-0.2, -0.15) is 0 Å². The zero-order chi connectivity index (χ0) is 20.6. The van der Waals surface area contributed by atoms with Gasteiger partial charge in [-0.1, -0.05) is 121 Å². The van der Waals surface area contributed by atoms with Crippen molar-refractivity contribution in [3.8, 4) is 0 Å². The average molecular weight is 683 g/mol. The molecule has 0 spiro atoms. The van der Waals surface area contributed by atoms with Gasteiger partial charge in [-0.05, 0) is 0 Å². The summed E-state index contributed by atoms with van der Waals surface area (Å²) in [6.45, 7) is 0. The molecular weight excluding hydrogens is 663 g/mol. The van der Waals surface area contributed by atoms with E-state index < -0.39 is 0 Å². The van der Waals surface area contributed by atoms with E-state index in [9.17, 15) is 0 Å². The number of hydrogen-bond acceptors (Lipinski definition) is 0. The van der Waals surface area contributed by atoms with E-state index in [1.165, 1.54) is 38.4 Å². The van der Waals surface area contributed by atoms with Gasteiger partial charge in [0.25, 0.3) is 0 Å². The second kappa shape index (κ2) is 16.4. The maximum atomic E-state index is 2.21. The molecule has 4 aromatic carbocycles. The van der Waals surface area contributed by atoms with Crippen LogP contribution in [0.4, 0.5) is 0 Å². The van der Waals surface area contributed by atoms with Gasteiger partial charge in [-0.3, -0.25) is 0 Å². The van der Waals surface area contributed by atoms with Gasteiger partial charge in [0, 0.05) is 0 Å². The van der Waals surface area contributed by atoms with E-state index >= 15 is 0 Å². The van der Waals surface area contributed by atoms with Crippen molar-refractivity contribution in [1.29, 1.82) is 0 Å². The minimum absolute atomic E-state index is 1.28. The van der Waals surface area contributed by atoms with Gasteiger partial charge in [-0.25, -0.2) is 21.2 Å². The van der Waals surface area contributed by atoms with Gasteiger partial charge < -0.3 is 17.2 Å². The molecular formula is C24H20I2NiP2. The standard InChI is InChI=1S/2C12H10P.2HI.Ni/c2*1-3-7-11(8-4-1)13-12-9-5-2-6-10-12;;;/h2*1-10H;2*1H;/q2*-1;;;+4/p-2. The van der Waals surface area contributed by atoms with E-state index in [1.54, 1.807) is 8.07 Å². The zero-order valence-electron chi connectivity index (χ0n) is 15.5. The van der Waals surface area contributed by atoms with Crippen LogP contribution in [0.2, 0.25) is 0 Å². The summed E-state index contributed by atoms with van der Waals surface area (Å²) in [5.74, 6) is 0. The third-order valence-electron chi connectivity index (χ3n) is 3.54. The fourth-order valence-corrected chi connectivity index (χ4v) is 4.19. The van der Waals surface area contributed by atoms with Crippen LogP contribution in [0, 0.1) is 0 Å². The van der Waals surface area contributed by atoms with Crippen molar-refractivity contribution in [1.82, 2.24) is 0 Å². The van der Waals surface area contributed by atoms with E-state index in [0.717, 1.165) is 0 Å². The molecule has 0 bridgehead atoms. The first-order valence-corrected chi connectivity index (χ1v) is 16.9. The van der Waals surface area contributed by atoms with Crippen LogP contribution in [0.5, 0.6) is 0 Å². The van der Waals surface area contributed by atoms with Crippen molar-refractivity contribution in [3.63, 3.8) is 0 Å². The Morgan fingerprint density at radius 1 is 0.379 bits per heavy atom. The monoisotopic (exact) mass is 682 g/mol. The van der Waals surface area contributed by atoms with E-state index in [4.69, 9.17) is 0 Å². The molecule has 0 saturated heterocycles. The van der Waals surface area contributed by atoms with Crippen molar-refractivity contribution >= 4 is 79.4 Å². The van der Waals surface area contributed by atoms with Crippen LogP contribution in [0.1, 0.15) is 0 Å². The number of halogens is 2. The van der Waals surface area contributed by atoms with Gasteiger partial charge >= 0.3 is 49.0 Å².